The molecule has 0 radical (unpaired) electrons. The zero-order valence-electron chi connectivity index (χ0n) is 19.1. The van der Waals surface area contributed by atoms with Crippen LogP contribution in [0.25, 0.3) is 0 Å². The quantitative estimate of drug-likeness (QED) is 0.504. The number of carbonyl (C=O) groups is 1. The number of methoxy groups -OCH3 is 1. The molecule has 2 aliphatic rings. The van der Waals surface area contributed by atoms with E-state index in [1.807, 2.05) is 32.0 Å². The van der Waals surface area contributed by atoms with Crippen LogP contribution in [0.3, 0.4) is 0 Å². The normalized spacial score (nSPS) is 20.5. The lowest BCUT2D eigenvalue weighted by Crippen LogP contribution is -2.61. The van der Waals surface area contributed by atoms with Gasteiger partial charge in [-0.15, -0.1) is 0 Å². The largest absolute Gasteiger partial charge is 0.495 e. The van der Waals surface area contributed by atoms with Crippen LogP contribution in [-0.4, -0.2) is 49.7 Å². The fourth-order valence-electron chi connectivity index (χ4n) is 4.80. The molecule has 0 spiro atoms. The first-order chi connectivity index (χ1) is 15.8. The minimum Gasteiger partial charge on any atom is -0.495 e. The van der Waals surface area contributed by atoms with Gasteiger partial charge in [0, 0.05) is 48.5 Å². The molecule has 176 valence electrons. The molecule has 0 bridgehead atoms. The molecule has 0 aromatic heterocycles. The number of nitro groups is 1. The Morgan fingerprint density at radius 2 is 2.06 bits per heavy atom. The monoisotopic (exact) mass is 472 g/mol. The van der Waals surface area contributed by atoms with Crippen molar-refractivity contribution in [1.82, 2.24) is 5.32 Å². The number of anilines is 2. The molecular weight excluding hydrogens is 444 g/mol. The van der Waals surface area contributed by atoms with E-state index in [4.69, 9.17) is 16.3 Å². The summed E-state index contributed by atoms with van der Waals surface area (Å²) in [6, 6.07) is 10.5. The van der Waals surface area contributed by atoms with E-state index >= 15 is 0 Å². The number of benzene rings is 2. The van der Waals surface area contributed by atoms with Crippen LogP contribution in [0.1, 0.15) is 25.8 Å². The van der Waals surface area contributed by atoms with E-state index in [-0.39, 0.29) is 34.5 Å². The van der Waals surface area contributed by atoms with Gasteiger partial charge in [0.05, 0.1) is 29.7 Å². The Kier molecular flexibility index (Phi) is 6.65. The molecule has 0 aliphatic carbocycles. The number of amides is 1. The van der Waals surface area contributed by atoms with Crippen molar-refractivity contribution in [3.8, 4) is 5.75 Å². The third kappa shape index (κ3) is 4.57. The second-order valence-electron chi connectivity index (χ2n) is 8.72. The molecule has 2 aromatic rings. The van der Waals surface area contributed by atoms with Crippen molar-refractivity contribution in [3.63, 3.8) is 0 Å². The van der Waals surface area contributed by atoms with Crippen molar-refractivity contribution in [3.05, 3.63) is 57.1 Å². The molecule has 4 rings (SSSR count). The average molecular weight is 473 g/mol. The highest BCUT2D eigenvalue weighted by molar-refractivity contribution is 6.31. The third-order valence-corrected chi connectivity index (χ3v) is 6.96. The second kappa shape index (κ2) is 9.47. The number of piperazine rings is 1. The summed E-state index contributed by atoms with van der Waals surface area (Å²) in [6.45, 7) is 6.03. The minimum atomic E-state index is -0.385. The summed E-state index contributed by atoms with van der Waals surface area (Å²) in [5, 5.41) is 15.1. The van der Waals surface area contributed by atoms with Crippen molar-refractivity contribution >= 4 is 34.6 Å². The molecule has 0 unspecified atom stereocenters. The fourth-order valence-corrected chi connectivity index (χ4v) is 4.97. The first-order valence-electron chi connectivity index (χ1n) is 11.2. The molecule has 1 saturated heterocycles. The van der Waals surface area contributed by atoms with Crippen LogP contribution in [0.4, 0.5) is 17.1 Å². The zero-order chi connectivity index (χ0) is 23.7. The number of nitrogens with zero attached hydrogens (tertiary/aromatic N) is 3. The molecule has 2 heterocycles. The number of hydrogen-bond acceptors (Lipinski definition) is 6. The smallest absolute Gasteiger partial charge is 0.269 e. The number of carbonyl (C=O) groups excluding carboxylic acids is 1. The Labute approximate surface area is 198 Å². The van der Waals surface area contributed by atoms with Gasteiger partial charge in [-0.3, -0.25) is 14.9 Å². The molecule has 0 saturated carbocycles. The summed E-state index contributed by atoms with van der Waals surface area (Å²) in [7, 11) is 1.63. The molecule has 2 aromatic carbocycles. The predicted molar refractivity (Wildman–Crippen MR) is 130 cm³/mol. The summed E-state index contributed by atoms with van der Waals surface area (Å²) in [4.78, 5) is 28.7. The summed E-state index contributed by atoms with van der Waals surface area (Å²) in [5.74, 6) is 0.387. The molecule has 1 amide bonds. The maximum absolute atomic E-state index is 13.3. The van der Waals surface area contributed by atoms with Gasteiger partial charge in [-0.25, -0.2) is 0 Å². The second-order valence-corrected chi connectivity index (χ2v) is 9.16. The zero-order valence-corrected chi connectivity index (χ0v) is 19.8. The minimum absolute atomic E-state index is 0.0172. The number of nitrogens with one attached hydrogen (secondary N) is 1. The molecular formula is C24H29ClN4O4. The van der Waals surface area contributed by atoms with Crippen LogP contribution >= 0.6 is 11.6 Å². The van der Waals surface area contributed by atoms with Gasteiger partial charge in [0.1, 0.15) is 5.75 Å². The van der Waals surface area contributed by atoms with Crippen molar-refractivity contribution in [1.29, 1.82) is 0 Å². The van der Waals surface area contributed by atoms with E-state index in [9.17, 15) is 14.9 Å². The van der Waals surface area contributed by atoms with Crippen LogP contribution in [0.15, 0.2) is 36.4 Å². The first kappa shape index (κ1) is 23.2. The third-order valence-electron chi connectivity index (χ3n) is 6.73. The highest BCUT2D eigenvalue weighted by atomic mass is 35.5. The Morgan fingerprint density at radius 1 is 1.27 bits per heavy atom. The molecule has 3 atom stereocenters. The molecule has 33 heavy (non-hydrogen) atoms. The van der Waals surface area contributed by atoms with Gasteiger partial charge in [0.25, 0.3) is 5.69 Å². The van der Waals surface area contributed by atoms with E-state index < -0.39 is 0 Å². The lowest BCUT2D eigenvalue weighted by atomic mass is 9.83. The van der Waals surface area contributed by atoms with E-state index in [1.54, 1.807) is 25.3 Å². The number of fused-ring (bicyclic) bond motifs is 3. The Balaban J connectivity index is 1.70. The van der Waals surface area contributed by atoms with Crippen LogP contribution in [0.2, 0.25) is 5.02 Å². The lowest BCUT2D eigenvalue weighted by Gasteiger charge is -2.49. The summed E-state index contributed by atoms with van der Waals surface area (Å²) >= 11 is 6.28. The number of non-ortho nitro benzene ring substituents is 1. The highest BCUT2D eigenvalue weighted by Crippen LogP contribution is 2.40. The van der Waals surface area contributed by atoms with Crippen molar-refractivity contribution in [2.75, 3.05) is 36.5 Å². The standard InChI is InChI=1S/C24H29ClN4O4/c1-4-15(2)26-24(30)19-12-16-11-18(29(31)32)6-7-20(16)28-10-9-27(14-22(19)28)21-13-17(25)5-8-23(21)33-3/h5-8,11,13,15,19,22H,4,9-10,12,14H2,1-3H3,(H,26,30)/t15-,19+,22+/m0/s1. The Morgan fingerprint density at radius 3 is 2.76 bits per heavy atom. The van der Waals surface area contributed by atoms with Crippen molar-refractivity contribution in [2.24, 2.45) is 5.92 Å². The average Bonchev–Trinajstić information content (AvgIpc) is 2.82. The van der Waals surface area contributed by atoms with Gasteiger partial charge < -0.3 is 19.9 Å². The van der Waals surface area contributed by atoms with Crippen LogP contribution in [-0.2, 0) is 11.2 Å². The maximum atomic E-state index is 13.3. The van der Waals surface area contributed by atoms with E-state index in [0.29, 0.717) is 31.1 Å². The summed E-state index contributed by atoms with van der Waals surface area (Å²) in [5.41, 5.74) is 2.77. The predicted octanol–water partition coefficient (Wildman–Crippen LogP) is 4.04. The topological polar surface area (TPSA) is 87.9 Å². The summed E-state index contributed by atoms with van der Waals surface area (Å²) < 4.78 is 5.57. The molecule has 1 N–H and O–H groups in total. The van der Waals surface area contributed by atoms with Gasteiger partial charge in [0.2, 0.25) is 5.91 Å². The van der Waals surface area contributed by atoms with Gasteiger partial charge in [-0.1, -0.05) is 18.5 Å². The van der Waals surface area contributed by atoms with Crippen LogP contribution in [0.5, 0.6) is 5.75 Å². The Bertz CT molecular complexity index is 1060. The molecule has 9 heteroatoms. The number of ether oxygens (including phenoxy) is 1. The van der Waals surface area contributed by atoms with Gasteiger partial charge >= 0.3 is 0 Å². The molecule has 1 fully saturated rings. The van der Waals surface area contributed by atoms with Crippen LogP contribution < -0.4 is 19.9 Å². The molecule has 8 nitrogen and oxygen atoms in total. The fraction of sp³-hybridized carbons (Fsp3) is 0.458. The van der Waals surface area contributed by atoms with Crippen LogP contribution in [0, 0.1) is 16.0 Å². The van der Waals surface area contributed by atoms with E-state index in [1.165, 1.54) is 0 Å². The Hall–Kier alpha value is -3.00. The number of nitro benzene ring substituents is 1. The maximum Gasteiger partial charge on any atom is 0.269 e. The number of rotatable bonds is 6. The SMILES string of the molecule is CC[C@H](C)NC(=O)[C@@H]1Cc2cc([N+](=O)[O-])ccc2N2CCN(c3cc(Cl)ccc3OC)C[C@H]12. The first-order valence-corrected chi connectivity index (χ1v) is 11.6. The number of hydrogen-bond donors (Lipinski definition) is 1. The lowest BCUT2D eigenvalue weighted by molar-refractivity contribution is -0.384. The molecule has 2 aliphatic heterocycles. The number of halogens is 1. The van der Waals surface area contributed by atoms with Gasteiger partial charge in [-0.05, 0) is 49.6 Å². The van der Waals surface area contributed by atoms with E-state index in [0.717, 1.165) is 29.1 Å². The summed E-state index contributed by atoms with van der Waals surface area (Å²) in [6.07, 6.45) is 1.29. The van der Waals surface area contributed by atoms with Crippen molar-refractivity contribution < 1.29 is 14.5 Å². The van der Waals surface area contributed by atoms with Gasteiger partial charge in [0.15, 0.2) is 0 Å². The van der Waals surface area contributed by atoms with Gasteiger partial charge in [-0.2, -0.15) is 0 Å². The van der Waals surface area contributed by atoms with E-state index in [2.05, 4.69) is 15.1 Å². The van der Waals surface area contributed by atoms with Crippen molar-refractivity contribution in [2.45, 2.75) is 38.8 Å². The highest BCUT2D eigenvalue weighted by Gasteiger charge is 2.42.